The van der Waals surface area contributed by atoms with Gasteiger partial charge in [0.2, 0.25) is 0 Å². The van der Waals surface area contributed by atoms with Crippen molar-refractivity contribution in [2.45, 2.75) is 27.3 Å². The van der Waals surface area contributed by atoms with Gasteiger partial charge in [-0.3, -0.25) is 0 Å². The van der Waals surface area contributed by atoms with E-state index in [2.05, 4.69) is 0 Å². The first-order chi connectivity index (χ1) is 7.10. The second-order valence-corrected chi connectivity index (χ2v) is 5.33. The second kappa shape index (κ2) is 12.1. The highest BCUT2D eigenvalue weighted by atomic mass is 28.4. The van der Waals surface area contributed by atoms with Gasteiger partial charge >= 0.3 is 8.80 Å². The first-order valence-electron chi connectivity index (χ1n) is 5.42. The van der Waals surface area contributed by atoms with E-state index in [4.69, 9.17) is 24.7 Å². The maximum Gasteiger partial charge on any atom is 0.497 e. The summed E-state index contributed by atoms with van der Waals surface area (Å²) in [6, 6.07) is 0. The van der Waals surface area contributed by atoms with Gasteiger partial charge in [-0.05, 0) is 20.8 Å². The van der Waals surface area contributed by atoms with E-state index in [0.29, 0.717) is 32.9 Å². The quantitative estimate of drug-likeness (QED) is 0.634. The molecule has 0 aromatic rings. The predicted molar refractivity (Wildman–Crippen MR) is 64.6 cm³/mol. The van der Waals surface area contributed by atoms with Gasteiger partial charge in [-0.15, -0.1) is 0 Å². The van der Waals surface area contributed by atoms with E-state index in [-0.39, 0.29) is 0 Å². The Bertz CT molecular complexity index is 109. The molecule has 0 saturated carbocycles. The average Bonchev–Trinajstić information content (AvgIpc) is 2.19. The Morgan fingerprint density at radius 3 is 1.20 bits per heavy atom. The van der Waals surface area contributed by atoms with Crippen LogP contribution in [0, 0.1) is 0 Å². The van der Waals surface area contributed by atoms with Crippen molar-refractivity contribution in [3.05, 3.63) is 0 Å². The van der Waals surface area contributed by atoms with E-state index in [0.717, 1.165) is 0 Å². The SMILES string of the molecule is CCO[Si](C)(OCC)OCC.NCCN. The van der Waals surface area contributed by atoms with Crippen LogP contribution in [-0.4, -0.2) is 41.7 Å². The molecule has 0 aromatic carbocycles. The van der Waals surface area contributed by atoms with E-state index in [1.54, 1.807) is 0 Å². The summed E-state index contributed by atoms with van der Waals surface area (Å²) < 4.78 is 16.2. The van der Waals surface area contributed by atoms with Gasteiger partial charge in [0.25, 0.3) is 0 Å². The third kappa shape index (κ3) is 11.9. The summed E-state index contributed by atoms with van der Waals surface area (Å²) in [6.45, 7) is 10.9. The van der Waals surface area contributed by atoms with Crippen molar-refractivity contribution in [3.63, 3.8) is 0 Å². The molecule has 0 aliphatic rings. The van der Waals surface area contributed by atoms with Gasteiger partial charge in [-0.2, -0.15) is 0 Å². The maximum absolute atomic E-state index is 5.40. The lowest BCUT2D eigenvalue weighted by atomic mass is 10.7. The van der Waals surface area contributed by atoms with Gasteiger partial charge in [0.05, 0.1) is 0 Å². The number of hydrogen-bond donors (Lipinski definition) is 2. The molecule has 0 amide bonds. The summed E-state index contributed by atoms with van der Waals surface area (Å²) in [4.78, 5) is 0. The normalized spacial score (nSPS) is 10.8. The van der Waals surface area contributed by atoms with Crippen molar-refractivity contribution < 1.29 is 13.3 Å². The van der Waals surface area contributed by atoms with Crippen LogP contribution in [0.3, 0.4) is 0 Å². The second-order valence-electron chi connectivity index (χ2n) is 2.74. The molecule has 94 valence electrons. The monoisotopic (exact) mass is 238 g/mol. The van der Waals surface area contributed by atoms with E-state index in [9.17, 15) is 0 Å². The van der Waals surface area contributed by atoms with E-state index in [1.807, 2.05) is 27.3 Å². The molecule has 0 bridgehead atoms. The average molecular weight is 238 g/mol. The number of rotatable bonds is 7. The van der Waals surface area contributed by atoms with Crippen molar-refractivity contribution in [2.75, 3.05) is 32.9 Å². The molecule has 6 heteroatoms. The third-order valence-corrected chi connectivity index (χ3v) is 3.83. The first-order valence-corrected chi connectivity index (χ1v) is 7.64. The number of hydrogen-bond acceptors (Lipinski definition) is 5. The summed E-state index contributed by atoms with van der Waals surface area (Å²) in [5.41, 5.74) is 9.81. The van der Waals surface area contributed by atoms with Crippen molar-refractivity contribution in [3.8, 4) is 0 Å². The first kappa shape index (κ1) is 17.4. The van der Waals surface area contributed by atoms with Crippen LogP contribution in [0.4, 0.5) is 0 Å². The molecule has 0 heterocycles. The molecule has 0 atom stereocenters. The molecular weight excluding hydrogens is 212 g/mol. The van der Waals surface area contributed by atoms with Gasteiger partial charge < -0.3 is 24.7 Å². The van der Waals surface area contributed by atoms with Crippen molar-refractivity contribution in [1.82, 2.24) is 0 Å². The van der Waals surface area contributed by atoms with Crippen molar-refractivity contribution >= 4 is 8.80 Å². The summed E-state index contributed by atoms with van der Waals surface area (Å²) in [7, 11) is -2.25. The highest BCUT2D eigenvalue weighted by Gasteiger charge is 2.32. The zero-order valence-corrected chi connectivity index (χ0v) is 11.4. The minimum absolute atomic E-state index is 0.597. The van der Waals surface area contributed by atoms with Crippen LogP contribution in [-0.2, 0) is 13.3 Å². The lowest BCUT2D eigenvalue weighted by molar-refractivity contribution is 0.0783. The standard InChI is InChI=1S/C7H18O3Si.C2H8N2/c1-5-8-11(4,9-6-2)10-7-3;3-1-2-4/h5-7H2,1-4H3;1-4H2. The Labute approximate surface area is 94.4 Å². The molecule has 0 radical (unpaired) electrons. The maximum atomic E-state index is 5.40. The van der Waals surface area contributed by atoms with Crippen molar-refractivity contribution in [1.29, 1.82) is 0 Å². The van der Waals surface area contributed by atoms with E-state index < -0.39 is 8.80 Å². The fourth-order valence-corrected chi connectivity index (χ4v) is 2.73. The van der Waals surface area contributed by atoms with E-state index in [1.165, 1.54) is 0 Å². The smallest absolute Gasteiger partial charge is 0.374 e. The molecule has 0 aliphatic heterocycles. The lowest BCUT2D eigenvalue weighted by Gasteiger charge is -2.23. The van der Waals surface area contributed by atoms with E-state index >= 15 is 0 Å². The zero-order valence-electron chi connectivity index (χ0n) is 10.4. The molecular formula is C9H26N2O3Si. The fraction of sp³-hybridized carbons (Fsp3) is 1.00. The zero-order chi connectivity index (χ0) is 12.2. The van der Waals surface area contributed by atoms with Gasteiger partial charge in [0, 0.05) is 39.5 Å². The minimum atomic E-state index is -2.25. The summed E-state index contributed by atoms with van der Waals surface area (Å²) in [5.74, 6) is 0. The molecule has 0 rings (SSSR count). The third-order valence-electron chi connectivity index (χ3n) is 1.39. The molecule has 0 fully saturated rings. The fourth-order valence-electron chi connectivity index (χ4n) is 0.912. The Hall–Kier alpha value is 0.0169. The van der Waals surface area contributed by atoms with Gasteiger partial charge in [0.15, 0.2) is 0 Å². The van der Waals surface area contributed by atoms with Gasteiger partial charge in [-0.1, -0.05) is 0 Å². The molecule has 0 unspecified atom stereocenters. The Kier molecular flexibility index (Phi) is 14.0. The highest BCUT2D eigenvalue weighted by molar-refractivity contribution is 6.59. The van der Waals surface area contributed by atoms with Crippen molar-refractivity contribution in [2.24, 2.45) is 11.5 Å². The van der Waals surface area contributed by atoms with Crippen LogP contribution in [0.25, 0.3) is 0 Å². The predicted octanol–water partition coefficient (Wildman–Crippen LogP) is 0.568. The van der Waals surface area contributed by atoms with Gasteiger partial charge in [0.1, 0.15) is 0 Å². The Morgan fingerprint density at radius 2 is 1.07 bits per heavy atom. The summed E-state index contributed by atoms with van der Waals surface area (Å²) in [6.07, 6.45) is 0. The molecule has 0 aliphatic carbocycles. The molecule has 0 aromatic heterocycles. The highest BCUT2D eigenvalue weighted by Crippen LogP contribution is 2.08. The largest absolute Gasteiger partial charge is 0.497 e. The van der Waals surface area contributed by atoms with Crippen LogP contribution >= 0.6 is 0 Å². The van der Waals surface area contributed by atoms with Crippen LogP contribution in [0.15, 0.2) is 0 Å². The molecule has 0 saturated heterocycles. The molecule has 15 heavy (non-hydrogen) atoms. The number of nitrogens with two attached hydrogens (primary N) is 2. The molecule has 0 spiro atoms. The molecule has 5 nitrogen and oxygen atoms in total. The lowest BCUT2D eigenvalue weighted by Crippen LogP contribution is -2.42. The van der Waals surface area contributed by atoms with Crippen LogP contribution in [0.2, 0.25) is 6.55 Å². The van der Waals surface area contributed by atoms with Crippen LogP contribution < -0.4 is 11.5 Å². The topological polar surface area (TPSA) is 79.7 Å². The van der Waals surface area contributed by atoms with Gasteiger partial charge in [-0.25, -0.2) is 0 Å². The van der Waals surface area contributed by atoms with Crippen LogP contribution in [0.5, 0.6) is 0 Å². The summed E-state index contributed by atoms with van der Waals surface area (Å²) >= 11 is 0. The Balaban J connectivity index is 0. The Morgan fingerprint density at radius 1 is 0.800 bits per heavy atom. The van der Waals surface area contributed by atoms with Crippen LogP contribution in [0.1, 0.15) is 20.8 Å². The molecule has 4 N–H and O–H groups in total. The summed E-state index contributed by atoms with van der Waals surface area (Å²) in [5, 5.41) is 0. The minimum Gasteiger partial charge on any atom is -0.374 e.